The average Bonchev–Trinajstić information content (AvgIpc) is 3.21. The number of nitrogens with zero attached hydrogens (tertiary/aromatic N) is 1. The smallest absolute Gasteiger partial charge is 0.0755 e. The molecule has 0 bridgehead atoms. The molecule has 1 atom stereocenters. The van der Waals surface area contributed by atoms with Gasteiger partial charge in [-0.05, 0) is 254 Å². The Hall–Kier alpha value is -1.13. The molecule has 0 saturated carbocycles. The number of nitrogens with one attached hydrogen (secondary N) is 8. The van der Waals surface area contributed by atoms with Gasteiger partial charge in [0, 0.05) is 18.6 Å². The lowest BCUT2D eigenvalue weighted by Gasteiger charge is -2.16. The third kappa shape index (κ3) is 49.2. The summed E-state index contributed by atoms with van der Waals surface area (Å²) in [6.45, 7) is 23.9. The Balaban J connectivity index is 3.77. The second-order valence-electron chi connectivity index (χ2n) is 17.0. The predicted octanol–water partition coefficient (Wildman–Crippen LogP) is 5.89. The van der Waals surface area contributed by atoms with Crippen LogP contribution in [-0.4, -0.2) is 136 Å². The zero-order chi connectivity index (χ0) is 42.1. The zero-order valence-corrected chi connectivity index (χ0v) is 39.4. The molecular formula is C48H103N10+. The van der Waals surface area contributed by atoms with Crippen molar-refractivity contribution in [1.82, 2.24) is 42.1 Å². The van der Waals surface area contributed by atoms with E-state index in [0.717, 1.165) is 129 Å². The van der Waals surface area contributed by atoms with Crippen LogP contribution in [0.15, 0.2) is 0 Å². The van der Waals surface area contributed by atoms with Crippen LogP contribution in [0.4, 0.5) is 0 Å². The van der Waals surface area contributed by atoms with Crippen molar-refractivity contribution in [2.24, 2.45) is 5.92 Å². The van der Waals surface area contributed by atoms with Crippen molar-refractivity contribution in [3.05, 3.63) is 0 Å². The Morgan fingerprint density at radius 3 is 1.34 bits per heavy atom. The zero-order valence-electron chi connectivity index (χ0n) is 39.4. The first-order chi connectivity index (χ1) is 28.6. The molecule has 0 aromatic carbocycles. The molecule has 0 aliphatic rings. The molecule has 1 unspecified atom stereocenters. The molecule has 58 heavy (non-hydrogen) atoms. The summed E-state index contributed by atoms with van der Waals surface area (Å²) in [5.74, 6) is 7.54. The first-order valence-corrected chi connectivity index (χ1v) is 25.0. The van der Waals surface area contributed by atoms with Crippen molar-refractivity contribution >= 4 is 5.71 Å². The van der Waals surface area contributed by atoms with E-state index in [0.29, 0.717) is 5.92 Å². The van der Waals surface area contributed by atoms with E-state index in [9.17, 15) is 0 Å². The normalized spacial score (nSPS) is 12.0. The Morgan fingerprint density at radius 1 is 0.500 bits per heavy atom. The van der Waals surface area contributed by atoms with Crippen LogP contribution >= 0.6 is 0 Å². The number of rotatable bonds is 49. The van der Waals surface area contributed by atoms with Gasteiger partial charge in [0.05, 0.1) is 13.1 Å². The van der Waals surface area contributed by atoms with E-state index in [1.54, 1.807) is 0 Å². The van der Waals surface area contributed by atoms with Crippen LogP contribution in [0.5, 0.6) is 0 Å². The van der Waals surface area contributed by atoms with Gasteiger partial charge >= 0.3 is 0 Å². The highest BCUT2D eigenvalue weighted by molar-refractivity contribution is 5.81. The fourth-order valence-corrected chi connectivity index (χ4v) is 7.11. The van der Waals surface area contributed by atoms with Crippen molar-refractivity contribution < 1.29 is 5.32 Å². The monoisotopic (exact) mass is 820 g/mol. The molecule has 0 aliphatic carbocycles. The van der Waals surface area contributed by atoms with Crippen LogP contribution in [0, 0.1) is 23.2 Å². The van der Waals surface area contributed by atoms with Crippen molar-refractivity contribution in [1.29, 1.82) is 5.41 Å². The number of quaternary nitrogens is 1. The number of unbranched alkanes of at least 4 members (excludes halogenated alkanes) is 10. The van der Waals surface area contributed by atoms with Crippen molar-refractivity contribution in [3.63, 3.8) is 0 Å². The van der Waals surface area contributed by atoms with Crippen LogP contribution in [0.3, 0.4) is 0 Å². The molecule has 0 saturated heterocycles. The van der Waals surface area contributed by atoms with E-state index < -0.39 is 0 Å². The third-order valence-corrected chi connectivity index (χ3v) is 10.8. The lowest BCUT2D eigenvalue weighted by Crippen LogP contribution is -2.83. The summed E-state index contributed by atoms with van der Waals surface area (Å²) in [6, 6.07) is 0. The molecule has 0 amide bonds. The molecule has 10 heteroatoms. The minimum absolute atomic E-state index is 0.538. The fourth-order valence-electron chi connectivity index (χ4n) is 7.11. The minimum atomic E-state index is 0.538. The SMILES string of the molecule is CCNCCCCNCCCCNCCCCNCCCCC(=N)CC(CC#CCCCCNCCCCNCCCCNCCCC[NH2+]CC)CCCCN(C)C. The number of hydrogen-bond donors (Lipinski definition) is 9. The molecule has 0 aliphatic heterocycles. The maximum absolute atomic E-state index is 8.71. The maximum Gasteiger partial charge on any atom is 0.0755 e. The van der Waals surface area contributed by atoms with Gasteiger partial charge in [-0.15, -0.1) is 11.8 Å². The van der Waals surface area contributed by atoms with E-state index >= 15 is 0 Å². The van der Waals surface area contributed by atoms with Crippen LogP contribution in [0.25, 0.3) is 0 Å². The van der Waals surface area contributed by atoms with E-state index in [-0.39, 0.29) is 0 Å². The van der Waals surface area contributed by atoms with Gasteiger partial charge in [-0.25, -0.2) is 0 Å². The molecule has 0 rings (SSSR count). The second kappa shape index (κ2) is 50.2. The Morgan fingerprint density at radius 2 is 0.914 bits per heavy atom. The fraction of sp³-hybridized carbons (Fsp3) is 0.938. The van der Waals surface area contributed by atoms with E-state index in [4.69, 9.17) is 5.41 Å². The summed E-state index contributed by atoms with van der Waals surface area (Å²) in [5, 5.41) is 36.1. The average molecular weight is 820 g/mol. The van der Waals surface area contributed by atoms with Gasteiger partial charge in [0.1, 0.15) is 0 Å². The molecule has 0 radical (unpaired) electrons. The van der Waals surface area contributed by atoms with E-state index in [1.165, 1.54) is 135 Å². The van der Waals surface area contributed by atoms with Gasteiger partial charge in [0.2, 0.25) is 0 Å². The third-order valence-electron chi connectivity index (χ3n) is 10.8. The van der Waals surface area contributed by atoms with Crippen LogP contribution in [0.1, 0.15) is 162 Å². The minimum Gasteiger partial charge on any atom is -0.346 e. The van der Waals surface area contributed by atoms with E-state index in [2.05, 4.69) is 87.2 Å². The number of nitrogens with two attached hydrogens (primary N) is 1. The van der Waals surface area contributed by atoms with Crippen LogP contribution < -0.4 is 42.5 Å². The highest BCUT2D eigenvalue weighted by Gasteiger charge is 2.11. The summed E-state index contributed by atoms with van der Waals surface area (Å²) in [4.78, 5) is 2.28. The van der Waals surface area contributed by atoms with Gasteiger partial charge in [-0.3, -0.25) is 0 Å². The highest BCUT2D eigenvalue weighted by atomic mass is 15.0. The lowest BCUT2D eigenvalue weighted by atomic mass is 9.91. The molecule has 0 spiro atoms. The molecule has 0 heterocycles. The standard InChI is InChI=1S/C48H102N10/c1-5-50-31-15-17-35-54-39-23-25-43-56-41-21-19-37-52-33-13-9-7-8-10-28-47(29-12-27-45-58(3)4)46-48(49)30-11-14-34-53-38-20-22-42-57-44-26-24-40-55-36-18-16-32-51-6-2/h47,49-57H,5-7,9,11-46H2,1-4H3/p+1. The lowest BCUT2D eigenvalue weighted by molar-refractivity contribution is -0.652. The summed E-state index contributed by atoms with van der Waals surface area (Å²) in [7, 11) is 4.32. The summed E-state index contributed by atoms with van der Waals surface area (Å²) in [6.07, 6.45) is 27.4. The first-order valence-electron chi connectivity index (χ1n) is 25.0. The highest BCUT2D eigenvalue weighted by Crippen LogP contribution is 2.19. The molecule has 10 nitrogen and oxygen atoms in total. The number of hydrogen-bond acceptors (Lipinski definition) is 9. The summed E-state index contributed by atoms with van der Waals surface area (Å²) >= 11 is 0. The van der Waals surface area contributed by atoms with Gasteiger partial charge in [-0.1, -0.05) is 13.3 Å². The Bertz CT molecular complexity index is 861. The molecule has 344 valence electrons. The van der Waals surface area contributed by atoms with Crippen LogP contribution in [-0.2, 0) is 0 Å². The molecule has 0 aromatic heterocycles. The molecule has 10 N–H and O–H groups in total. The van der Waals surface area contributed by atoms with Crippen LogP contribution in [0.2, 0.25) is 0 Å². The van der Waals surface area contributed by atoms with Crippen molar-refractivity contribution in [3.8, 4) is 11.8 Å². The second-order valence-corrected chi connectivity index (χ2v) is 17.0. The Labute approximate surface area is 362 Å². The van der Waals surface area contributed by atoms with Crippen molar-refractivity contribution in [2.45, 2.75) is 162 Å². The maximum atomic E-state index is 8.71. The largest absolute Gasteiger partial charge is 0.346 e. The van der Waals surface area contributed by atoms with Gasteiger partial charge < -0.3 is 52.8 Å². The summed E-state index contributed by atoms with van der Waals surface area (Å²) in [5.41, 5.74) is 0.939. The Kier molecular flexibility index (Phi) is 49.2. The van der Waals surface area contributed by atoms with E-state index in [1.807, 2.05) is 0 Å². The molecular weight excluding hydrogens is 717 g/mol. The predicted molar refractivity (Wildman–Crippen MR) is 257 cm³/mol. The van der Waals surface area contributed by atoms with Crippen molar-refractivity contribution in [2.75, 3.05) is 125 Å². The summed E-state index contributed by atoms with van der Waals surface area (Å²) < 4.78 is 0. The van der Waals surface area contributed by atoms with Gasteiger partial charge in [0.25, 0.3) is 0 Å². The quantitative estimate of drug-likeness (QED) is 0.0212. The molecule has 0 fully saturated rings. The first kappa shape index (κ1) is 56.9. The molecule has 0 aromatic rings. The van der Waals surface area contributed by atoms with Gasteiger partial charge in [-0.2, -0.15) is 0 Å². The topological polar surface area (TPSA) is 128 Å². The van der Waals surface area contributed by atoms with Gasteiger partial charge in [0.15, 0.2) is 0 Å².